The lowest BCUT2D eigenvalue weighted by molar-refractivity contribution is -0.217. The van der Waals surface area contributed by atoms with Gasteiger partial charge in [0.25, 0.3) is 0 Å². The van der Waals surface area contributed by atoms with Gasteiger partial charge in [-0.3, -0.25) is 9.59 Å². The van der Waals surface area contributed by atoms with Crippen LogP contribution in [0.4, 0.5) is 0 Å². The molecule has 0 saturated heterocycles. The van der Waals surface area contributed by atoms with Gasteiger partial charge in [-0.25, -0.2) is 0 Å². The number of hydrogen-bond acceptors (Lipinski definition) is 9. The molecule has 0 aliphatic heterocycles. The fourth-order valence-electron chi connectivity index (χ4n) is 13.6. The average molecular weight is 731 g/mol. The number of ether oxygens (including phenoxy) is 4. The molecule has 6 fully saturated rings. The van der Waals surface area contributed by atoms with E-state index in [1.807, 2.05) is 13.0 Å². The van der Waals surface area contributed by atoms with Crippen LogP contribution in [-0.2, 0) is 33.3 Å². The van der Waals surface area contributed by atoms with E-state index in [9.17, 15) is 24.6 Å². The number of aliphatic hydroxyl groups is 2. The summed E-state index contributed by atoms with van der Waals surface area (Å²) in [6.45, 7) is 21.5. The summed E-state index contributed by atoms with van der Waals surface area (Å²) < 4.78 is 22.6. The third-order valence-electron chi connectivity index (χ3n) is 17.1. The van der Waals surface area contributed by atoms with Gasteiger partial charge in [0.05, 0.1) is 29.8 Å². The molecule has 6 aliphatic rings. The molecule has 4 unspecified atom stereocenters. The summed E-state index contributed by atoms with van der Waals surface area (Å²) in [7, 11) is 3.20. The smallest absolute Gasteiger partial charge is 0.146 e. The molecular formula is C43H70O9. The Morgan fingerprint density at radius 1 is 0.692 bits per heavy atom. The van der Waals surface area contributed by atoms with E-state index in [0.717, 1.165) is 44.8 Å². The molecule has 2 N–H and O–H groups in total. The lowest BCUT2D eigenvalue weighted by Crippen LogP contribution is -2.63. The van der Waals surface area contributed by atoms with Crippen molar-refractivity contribution in [1.82, 2.24) is 0 Å². The average Bonchev–Trinajstić information content (AvgIpc) is 3.66. The summed E-state index contributed by atoms with van der Waals surface area (Å²) >= 11 is 0. The third-order valence-corrected chi connectivity index (χ3v) is 17.1. The second kappa shape index (κ2) is 14.9. The molecule has 52 heavy (non-hydrogen) atoms. The molecule has 0 aromatic carbocycles. The number of carbonyl (C=O) groups excluding carboxylic acids is 3. The topological polar surface area (TPSA) is 129 Å². The first-order chi connectivity index (χ1) is 24.3. The summed E-state index contributed by atoms with van der Waals surface area (Å²) in [5.41, 5.74) is -2.34. The van der Waals surface area contributed by atoms with Gasteiger partial charge in [-0.2, -0.15) is 0 Å². The van der Waals surface area contributed by atoms with Gasteiger partial charge >= 0.3 is 0 Å². The number of aldehydes is 1. The van der Waals surface area contributed by atoms with Crippen LogP contribution >= 0.6 is 0 Å². The first kappa shape index (κ1) is 41.7. The maximum atomic E-state index is 13.1. The minimum absolute atomic E-state index is 0.0450. The molecule has 6 saturated carbocycles. The van der Waals surface area contributed by atoms with Crippen molar-refractivity contribution in [2.75, 3.05) is 27.8 Å². The normalized spacial score (nSPS) is 51.5. The van der Waals surface area contributed by atoms with E-state index < -0.39 is 23.0 Å². The summed E-state index contributed by atoms with van der Waals surface area (Å²) in [6, 6.07) is 0. The second-order valence-corrected chi connectivity index (χ2v) is 19.2. The van der Waals surface area contributed by atoms with Crippen LogP contribution in [-0.4, -0.2) is 80.3 Å². The third kappa shape index (κ3) is 6.05. The standard InChI is InChI=1S/C22H36O4.C21H34O5/c1-7-20(4)12-17(24)21(5)14(2)8-10-22(11-9-16(23)18(21)22)15(3)19(20)26-13-25-6;1-13-6-8-21-9-7-15(23)17(21)20(13,4)16(24)10-19(3,11-22)18(14(21)2)26-12-25-5/h7,14-15,17-19,24H,1,8-13H2,2-6H3;11,13-14,16-18,24H,6-10,12H2,1-5H3/t14-,15+,17-,18?,19+,20-,21+,22?;13-,14+,16-,17?,18+,19+,20+,21?/m11/s1. The van der Waals surface area contributed by atoms with Gasteiger partial charge in [0.1, 0.15) is 31.4 Å². The van der Waals surface area contributed by atoms with Crippen LogP contribution in [0.25, 0.3) is 0 Å². The summed E-state index contributed by atoms with van der Waals surface area (Å²) in [5, 5.41) is 22.7. The highest BCUT2D eigenvalue weighted by Gasteiger charge is 2.69. The van der Waals surface area contributed by atoms with E-state index in [-0.39, 0.29) is 82.8 Å². The number of carbonyl (C=O) groups is 3. The number of hydrogen-bond donors (Lipinski definition) is 2. The Bertz CT molecular complexity index is 1250. The van der Waals surface area contributed by atoms with Crippen molar-refractivity contribution in [3.8, 4) is 0 Å². The Labute approximate surface area is 313 Å². The first-order valence-electron chi connectivity index (χ1n) is 20.1. The Morgan fingerprint density at radius 3 is 1.44 bits per heavy atom. The van der Waals surface area contributed by atoms with Crippen molar-refractivity contribution in [3.05, 3.63) is 12.7 Å². The minimum Gasteiger partial charge on any atom is -0.392 e. The van der Waals surface area contributed by atoms with Crippen molar-refractivity contribution in [3.63, 3.8) is 0 Å². The van der Waals surface area contributed by atoms with E-state index in [1.54, 1.807) is 14.2 Å². The van der Waals surface area contributed by atoms with Gasteiger partial charge in [0.2, 0.25) is 0 Å². The molecular weight excluding hydrogens is 660 g/mol. The highest BCUT2D eigenvalue weighted by Crippen LogP contribution is 2.69. The van der Waals surface area contributed by atoms with Gasteiger partial charge in [0, 0.05) is 55.1 Å². The van der Waals surface area contributed by atoms with E-state index in [4.69, 9.17) is 18.9 Å². The van der Waals surface area contributed by atoms with Crippen molar-refractivity contribution in [2.45, 2.75) is 144 Å². The summed E-state index contributed by atoms with van der Waals surface area (Å²) in [5.74, 6) is 1.22. The van der Waals surface area contributed by atoms with Gasteiger partial charge in [-0.05, 0) is 85.9 Å². The quantitative estimate of drug-likeness (QED) is 0.155. The van der Waals surface area contributed by atoms with E-state index in [0.29, 0.717) is 37.4 Å². The molecule has 0 aromatic rings. The number of Topliss-reactive ketones (excluding diaryl/α,β-unsaturated/α-hetero) is 2. The first-order valence-corrected chi connectivity index (χ1v) is 20.1. The van der Waals surface area contributed by atoms with Crippen LogP contribution in [0.2, 0.25) is 0 Å². The van der Waals surface area contributed by atoms with Crippen LogP contribution in [0.3, 0.4) is 0 Å². The maximum absolute atomic E-state index is 13.1. The summed E-state index contributed by atoms with van der Waals surface area (Å²) in [4.78, 5) is 38.3. The zero-order valence-corrected chi connectivity index (χ0v) is 33.9. The van der Waals surface area contributed by atoms with Crippen LogP contribution in [0, 0.1) is 68.0 Å². The molecule has 0 aromatic heterocycles. The molecule has 0 radical (unpaired) electrons. The molecule has 0 amide bonds. The molecule has 0 heterocycles. The van der Waals surface area contributed by atoms with E-state index in [2.05, 4.69) is 55.0 Å². The number of rotatable bonds is 8. The molecule has 6 aliphatic carbocycles. The molecule has 296 valence electrons. The number of methoxy groups -OCH3 is 2. The van der Waals surface area contributed by atoms with Crippen molar-refractivity contribution in [1.29, 1.82) is 0 Å². The molecule has 9 nitrogen and oxygen atoms in total. The highest BCUT2D eigenvalue weighted by molar-refractivity contribution is 5.86. The van der Waals surface area contributed by atoms with Crippen molar-refractivity contribution in [2.24, 2.45) is 68.0 Å². The fraction of sp³-hybridized carbons (Fsp3) is 0.884. The van der Waals surface area contributed by atoms with Crippen molar-refractivity contribution < 1.29 is 43.5 Å². The van der Waals surface area contributed by atoms with Crippen molar-refractivity contribution >= 4 is 17.9 Å². The molecule has 16 atom stereocenters. The van der Waals surface area contributed by atoms with Crippen LogP contribution in [0.1, 0.15) is 120 Å². The van der Waals surface area contributed by atoms with Gasteiger partial charge in [0.15, 0.2) is 0 Å². The van der Waals surface area contributed by atoms with Gasteiger partial charge in [-0.1, -0.05) is 61.5 Å². The number of aliphatic hydroxyl groups excluding tert-OH is 2. The monoisotopic (exact) mass is 731 g/mol. The molecule has 0 spiro atoms. The zero-order valence-electron chi connectivity index (χ0n) is 33.9. The predicted molar refractivity (Wildman–Crippen MR) is 199 cm³/mol. The predicted octanol–water partition coefficient (Wildman–Crippen LogP) is 6.95. The SMILES string of the molecule is C=C[C@]1(C)C[C@@H](O)[C@@]2(C)C3C(=O)CCC3(CC[C@H]2C)[C@@H](C)[C@@H]1OCOC.COCO[C@H]1[C@H](C)C23CCC(=O)C2[C@@](C)([C@H](C)CC3)[C@H](O)C[C@@]1(C)C=O. The Morgan fingerprint density at radius 2 is 1.08 bits per heavy atom. The maximum Gasteiger partial charge on any atom is 0.146 e. The van der Waals surface area contributed by atoms with E-state index in [1.165, 1.54) is 0 Å². The van der Waals surface area contributed by atoms with Gasteiger partial charge < -0.3 is 34.0 Å². The molecule has 4 bridgehead atoms. The van der Waals surface area contributed by atoms with Crippen LogP contribution < -0.4 is 0 Å². The largest absolute Gasteiger partial charge is 0.392 e. The van der Waals surface area contributed by atoms with Gasteiger partial charge in [-0.15, -0.1) is 6.58 Å². The van der Waals surface area contributed by atoms with Crippen LogP contribution in [0.5, 0.6) is 0 Å². The second-order valence-electron chi connectivity index (χ2n) is 19.2. The highest BCUT2D eigenvalue weighted by atomic mass is 16.7. The number of ketones is 2. The Kier molecular flexibility index (Phi) is 11.9. The fourth-order valence-corrected chi connectivity index (χ4v) is 13.6. The zero-order chi connectivity index (χ0) is 38.7. The van der Waals surface area contributed by atoms with E-state index >= 15 is 0 Å². The molecule has 9 heteroatoms. The Balaban J connectivity index is 0.000000201. The van der Waals surface area contributed by atoms with Crippen LogP contribution in [0.15, 0.2) is 12.7 Å². The Hall–Kier alpha value is -1.49. The molecule has 6 rings (SSSR count). The lowest BCUT2D eigenvalue weighted by atomic mass is 9.44. The lowest BCUT2D eigenvalue weighted by Gasteiger charge is -2.62. The minimum atomic E-state index is -0.806. The summed E-state index contributed by atoms with van der Waals surface area (Å²) in [6.07, 6.45) is 9.01.